The smallest absolute Gasteiger partial charge is 0.246 e. The molecular weight excluding hydrogens is 266 g/mol. The van der Waals surface area contributed by atoms with Gasteiger partial charge in [-0.2, -0.15) is 5.10 Å². The van der Waals surface area contributed by atoms with Gasteiger partial charge in [0.25, 0.3) is 0 Å². The van der Waals surface area contributed by atoms with Crippen molar-refractivity contribution >= 4 is 23.2 Å². The van der Waals surface area contributed by atoms with E-state index in [9.17, 15) is 4.79 Å². The molecule has 0 saturated heterocycles. The summed E-state index contributed by atoms with van der Waals surface area (Å²) in [6.07, 6.45) is 1.48. The van der Waals surface area contributed by atoms with Crippen molar-refractivity contribution in [3.05, 3.63) is 41.4 Å². The Morgan fingerprint density at radius 2 is 2.37 bits per heavy atom. The van der Waals surface area contributed by atoms with E-state index in [1.54, 1.807) is 31.2 Å². The van der Waals surface area contributed by atoms with Crippen LogP contribution in [0.2, 0.25) is 5.02 Å². The van der Waals surface area contributed by atoms with Gasteiger partial charge >= 0.3 is 0 Å². The predicted molar refractivity (Wildman–Crippen MR) is 72.7 cm³/mol. The molecule has 1 aromatic heterocycles. The number of nitrogens with zero attached hydrogens (tertiary/aromatic N) is 3. The Hall–Kier alpha value is -1.92. The summed E-state index contributed by atoms with van der Waals surface area (Å²) in [5, 5.41) is 7.40. The molecule has 0 radical (unpaired) electrons. The van der Waals surface area contributed by atoms with Crippen LogP contribution in [-0.2, 0) is 11.3 Å². The summed E-state index contributed by atoms with van der Waals surface area (Å²) in [6, 6.07) is 6.69. The fraction of sp³-hybridized carbons (Fsp3) is 0.250. The summed E-state index contributed by atoms with van der Waals surface area (Å²) in [7, 11) is 0. The summed E-state index contributed by atoms with van der Waals surface area (Å²) in [5.41, 5.74) is 6.29. The Bertz CT molecular complexity index is 581. The van der Waals surface area contributed by atoms with E-state index in [-0.39, 0.29) is 18.5 Å². The first kappa shape index (κ1) is 13.5. The van der Waals surface area contributed by atoms with E-state index in [4.69, 9.17) is 17.3 Å². The number of anilines is 1. The first-order chi connectivity index (χ1) is 9.04. The van der Waals surface area contributed by atoms with Crippen molar-refractivity contribution in [2.24, 2.45) is 5.73 Å². The SMILES string of the molecule is CC(N)c1ncn(CC(=O)Nc2cccc(Cl)c2)n1. The third-order valence-corrected chi connectivity index (χ3v) is 2.61. The van der Waals surface area contributed by atoms with Gasteiger partial charge in [0.15, 0.2) is 5.82 Å². The molecule has 0 aliphatic heterocycles. The summed E-state index contributed by atoms with van der Waals surface area (Å²) in [5.74, 6) is 0.305. The van der Waals surface area contributed by atoms with Crippen LogP contribution in [0, 0.1) is 0 Å². The Labute approximate surface area is 115 Å². The number of carbonyl (C=O) groups is 1. The Balaban J connectivity index is 1.97. The molecular formula is C12H14ClN5O. The molecule has 7 heteroatoms. The number of halogens is 1. The van der Waals surface area contributed by atoms with E-state index >= 15 is 0 Å². The fourth-order valence-corrected chi connectivity index (χ4v) is 1.70. The number of carbonyl (C=O) groups excluding carboxylic acids is 1. The van der Waals surface area contributed by atoms with Crippen molar-refractivity contribution in [2.75, 3.05) is 5.32 Å². The van der Waals surface area contributed by atoms with Crippen LogP contribution < -0.4 is 11.1 Å². The molecule has 0 fully saturated rings. The molecule has 2 aromatic rings. The maximum Gasteiger partial charge on any atom is 0.246 e. The van der Waals surface area contributed by atoms with E-state index in [1.165, 1.54) is 11.0 Å². The van der Waals surface area contributed by atoms with Crippen LogP contribution in [0.15, 0.2) is 30.6 Å². The molecule has 3 N–H and O–H groups in total. The second-order valence-corrected chi connectivity index (χ2v) is 4.58. The molecule has 0 saturated carbocycles. The van der Waals surface area contributed by atoms with Gasteiger partial charge in [0.2, 0.25) is 5.91 Å². The topological polar surface area (TPSA) is 85.8 Å². The van der Waals surface area contributed by atoms with Crippen LogP contribution in [0.1, 0.15) is 18.8 Å². The molecule has 0 aliphatic carbocycles. The van der Waals surface area contributed by atoms with E-state index in [2.05, 4.69) is 15.4 Å². The maximum absolute atomic E-state index is 11.8. The lowest BCUT2D eigenvalue weighted by atomic mass is 10.3. The van der Waals surface area contributed by atoms with Crippen molar-refractivity contribution < 1.29 is 4.79 Å². The quantitative estimate of drug-likeness (QED) is 0.890. The standard InChI is InChI=1S/C12H14ClN5O/c1-8(14)12-15-7-18(17-12)6-11(19)16-10-4-2-3-9(13)5-10/h2-5,7-8H,6,14H2,1H3,(H,16,19). The minimum Gasteiger partial charge on any atom is -0.324 e. The molecule has 1 heterocycles. The van der Waals surface area contributed by atoms with E-state index in [0.717, 1.165) is 0 Å². The zero-order valence-corrected chi connectivity index (χ0v) is 11.1. The molecule has 2 rings (SSSR count). The van der Waals surface area contributed by atoms with E-state index in [0.29, 0.717) is 16.5 Å². The number of benzene rings is 1. The fourth-order valence-electron chi connectivity index (χ4n) is 1.51. The monoisotopic (exact) mass is 279 g/mol. The molecule has 6 nitrogen and oxygen atoms in total. The largest absolute Gasteiger partial charge is 0.324 e. The number of amides is 1. The van der Waals surface area contributed by atoms with Crippen LogP contribution in [0.3, 0.4) is 0 Å². The first-order valence-electron chi connectivity index (χ1n) is 5.75. The minimum atomic E-state index is -0.253. The Kier molecular flexibility index (Phi) is 4.13. The lowest BCUT2D eigenvalue weighted by Crippen LogP contribution is -2.19. The van der Waals surface area contributed by atoms with Crippen molar-refractivity contribution in [2.45, 2.75) is 19.5 Å². The van der Waals surface area contributed by atoms with Crippen molar-refractivity contribution in [1.82, 2.24) is 14.8 Å². The number of hydrogen-bond donors (Lipinski definition) is 2. The number of nitrogens with two attached hydrogens (primary N) is 1. The average Bonchev–Trinajstić information content (AvgIpc) is 2.77. The van der Waals surface area contributed by atoms with Crippen LogP contribution in [0.25, 0.3) is 0 Å². The second kappa shape index (κ2) is 5.81. The summed E-state index contributed by atoms with van der Waals surface area (Å²) in [4.78, 5) is 15.8. The number of hydrogen-bond acceptors (Lipinski definition) is 4. The molecule has 1 unspecified atom stereocenters. The lowest BCUT2D eigenvalue weighted by Gasteiger charge is -2.05. The van der Waals surface area contributed by atoms with Crippen LogP contribution in [0.5, 0.6) is 0 Å². The van der Waals surface area contributed by atoms with Gasteiger partial charge < -0.3 is 11.1 Å². The van der Waals surface area contributed by atoms with Gasteiger partial charge in [-0.25, -0.2) is 9.67 Å². The average molecular weight is 280 g/mol. The molecule has 0 bridgehead atoms. The van der Waals surface area contributed by atoms with Crippen molar-refractivity contribution in [3.63, 3.8) is 0 Å². The minimum absolute atomic E-state index is 0.0756. The summed E-state index contributed by atoms with van der Waals surface area (Å²) in [6.45, 7) is 1.86. The normalized spacial score (nSPS) is 12.2. The molecule has 0 spiro atoms. The first-order valence-corrected chi connectivity index (χ1v) is 6.13. The van der Waals surface area contributed by atoms with Crippen molar-refractivity contribution in [3.8, 4) is 0 Å². The third-order valence-electron chi connectivity index (χ3n) is 2.38. The number of aromatic nitrogens is 3. The molecule has 19 heavy (non-hydrogen) atoms. The van der Waals surface area contributed by atoms with Gasteiger partial charge in [-0.1, -0.05) is 17.7 Å². The van der Waals surface area contributed by atoms with E-state index in [1.807, 2.05) is 0 Å². The van der Waals surface area contributed by atoms with Crippen LogP contribution >= 0.6 is 11.6 Å². The number of rotatable bonds is 4. The molecule has 1 amide bonds. The molecule has 1 atom stereocenters. The van der Waals surface area contributed by atoms with Crippen LogP contribution in [-0.4, -0.2) is 20.7 Å². The van der Waals surface area contributed by atoms with E-state index < -0.39 is 0 Å². The highest BCUT2D eigenvalue weighted by Gasteiger charge is 2.08. The van der Waals surface area contributed by atoms with Gasteiger partial charge in [-0.15, -0.1) is 0 Å². The zero-order valence-electron chi connectivity index (χ0n) is 10.4. The lowest BCUT2D eigenvalue weighted by molar-refractivity contribution is -0.116. The highest BCUT2D eigenvalue weighted by atomic mass is 35.5. The van der Waals surface area contributed by atoms with Gasteiger partial charge in [-0.3, -0.25) is 4.79 Å². The highest BCUT2D eigenvalue weighted by molar-refractivity contribution is 6.30. The number of nitrogens with one attached hydrogen (secondary N) is 1. The summed E-state index contributed by atoms with van der Waals surface area (Å²) >= 11 is 5.83. The maximum atomic E-state index is 11.8. The van der Waals surface area contributed by atoms with Gasteiger partial charge in [0.1, 0.15) is 12.9 Å². The Morgan fingerprint density at radius 1 is 1.58 bits per heavy atom. The van der Waals surface area contributed by atoms with Crippen LogP contribution in [0.4, 0.5) is 5.69 Å². The third kappa shape index (κ3) is 3.77. The summed E-state index contributed by atoms with van der Waals surface area (Å²) < 4.78 is 1.44. The molecule has 1 aromatic carbocycles. The molecule has 0 aliphatic rings. The second-order valence-electron chi connectivity index (χ2n) is 4.15. The Morgan fingerprint density at radius 3 is 3.00 bits per heavy atom. The predicted octanol–water partition coefficient (Wildman–Crippen LogP) is 1.59. The zero-order chi connectivity index (χ0) is 13.8. The van der Waals surface area contributed by atoms with Gasteiger partial charge in [-0.05, 0) is 25.1 Å². The molecule has 100 valence electrons. The van der Waals surface area contributed by atoms with Gasteiger partial charge in [0, 0.05) is 10.7 Å². The van der Waals surface area contributed by atoms with Gasteiger partial charge in [0.05, 0.1) is 6.04 Å². The highest BCUT2D eigenvalue weighted by Crippen LogP contribution is 2.14. The van der Waals surface area contributed by atoms with Crippen molar-refractivity contribution in [1.29, 1.82) is 0 Å².